The van der Waals surface area contributed by atoms with Crippen LogP contribution >= 0.6 is 11.6 Å². The molecule has 2 rings (SSSR count). The molecule has 0 bridgehead atoms. The number of hydrogen-bond acceptors (Lipinski definition) is 5. The van der Waals surface area contributed by atoms with Crippen LogP contribution in [0.1, 0.15) is 24.6 Å². The molecule has 1 aromatic rings. The highest BCUT2D eigenvalue weighted by molar-refractivity contribution is 6.31. The minimum Gasteiger partial charge on any atom is -0.361 e. The molecule has 0 spiro atoms. The van der Waals surface area contributed by atoms with E-state index in [9.17, 15) is 10.1 Å². The lowest BCUT2D eigenvalue weighted by Gasteiger charge is -2.06. The largest absolute Gasteiger partial charge is 0.361 e. The highest BCUT2D eigenvalue weighted by Crippen LogP contribution is 2.41. The average Bonchev–Trinajstić information content (AvgIpc) is 3.08. The SMILES string of the molecule is C=CCNc1nc(C2CC2)nc(Cl)c1[N+](=O)[O-]. The first-order valence-electron chi connectivity index (χ1n) is 5.20. The molecular weight excluding hydrogens is 244 g/mol. The van der Waals surface area contributed by atoms with Crippen molar-refractivity contribution in [3.05, 3.63) is 33.7 Å². The smallest absolute Gasteiger partial charge is 0.348 e. The first-order valence-corrected chi connectivity index (χ1v) is 5.58. The van der Waals surface area contributed by atoms with Crippen molar-refractivity contribution in [3.8, 4) is 0 Å². The molecule has 1 heterocycles. The molecule has 1 aromatic heterocycles. The van der Waals surface area contributed by atoms with Gasteiger partial charge in [0.05, 0.1) is 4.92 Å². The lowest BCUT2D eigenvalue weighted by Crippen LogP contribution is -2.08. The zero-order chi connectivity index (χ0) is 12.4. The van der Waals surface area contributed by atoms with Crippen LogP contribution in [0.2, 0.25) is 5.15 Å². The first kappa shape index (κ1) is 11.8. The van der Waals surface area contributed by atoms with E-state index >= 15 is 0 Å². The van der Waals surface area contributed by atoms with E-state index in [0.29, 0.717) is 12.4 Å². The van der Waals surface area contributed by atoms with E-state index < -0.39 is 4.92 Å². The molecule has 1 saturated carbocycles. The Labute approximate surface area is 103 Å². The van der Waals surface area contributed by atoms with Gasteiger partial charge in [0.1, 0.15) is 5.82 Å². The Kier molecular flexibility index (Phi) is 3.23. The van der Waals surface area contributed by atoms with Crippen molar-refractivity contribution in [1.29, 1.82) is 0 Å². The number of nitro groups is 1. The van der Waals surface area contributed by atoms with Crippen molar-refractivity contribution < 1.29 is 4.92 Å². The van der Waals surface area contributed by atoms with E-state index in [2.05, 4.69) is 21.9 Å². The number of hydrogen-bond donors (Lipinski definition) is 1. The third-order valence-electron chi connectivity index (χ3n) is 2.40. The van der Waals surface area contributed by atoms with Gasteiger partial charge in [0, 0.05) is 12.5 Å². The molecule has 7 heteroatoms. The van der Waals surface area contributed by atoms with Gasteiger partial charge in [0.15, 0.2) is 0 Å². The molecule has 0 unspecified atom stereocenters. The van der Waals surface area contributed by atoms with Crippen LogP contribution in [0.4, 0.5) is 11.5 Å². The Morgan fingerprint density at radius 2 is 2.29 bits per heavy atom. The van der Waals surface area contributed by atoms with Gasteiger partial charge in [-0.2, -0.15) is 0 Å². The monoisotopic (exact) mass is 254 g/mol. The highest BCUT2D eigenvalue weighted by atomic mass is 35.5. The van der Waals surface area contributed by atoms with Gasteiger partial charge in [-0.05, 0) is 12.8 Å². The third kappa shape index (κ3) is 2.52. The van der Waals surface area contributed by atoms with Crippen LogP contribution in [-0.4, -0.2) is 21.4 Å². The van der Waals surface area contributed by atoms with Crippen LogP contribution in [-0.2, 0) is 0 Å². The standard InChI is InChI=1S/C10H11ClN4O2/c1-2-5-12-10-7(15(16)17)8(11)13-9(14-10)6-3-4-6/h2,6H,1,3-5H2,(H,12,13,14). The predicted octanol–water partition coefficient (Wildman–Crippen LogP) is 2.51. The van der Waals surface area contributed by atoms with Crippen molar-refractivity contribution in [2.75, 3.05) is 11.9 Å². The summed E-state index contributed by atoms with van der Waals surface area (Å²) in [6.45, 7) is 3.92. The molecule has 0 atom stereocenters. The Hall–Kier alpha value is -1.69. The number of nitrogens with zero attached hydrogens (tertiary/aromatic N) is 3. The van der Waals surface area contributed by atoms with Gasteiger partial charge in [-0.3, -0.25) is 10.1 Å². The second kappa shape index (κ2) is 4.67. The summed E-state index contributed by atoms with van der Waals surface area (Å²) in [6.07, 6.45) is 3.61. The van der Waals surface area contributed by atoms with Crippen LogP contribution < -0.4 is 5.32 Å². The van der Waals surface area contributed by atoms with E-state index in [-0.39, 0.29) is 22.6 Å². The van der Waals surface area contributed by atoms with Crippen LogP contribution in [0.3, 0.4) is 0 Å². The predicted molar refractivity (Wildman–Crippen MR) is 64.4 cm³/mol. The van der Waals surface area contributed by atoms with E-state index in [0.717, 1.165) is 12.8 Å². The van der Waals surface area contributed by atoms with Gasteiger partial charge < -0.3 is 5.32 Å². The van der Waals surface area contributed by atoms with Crippen molar-refractivity contribution in [1.82, 2.24) is 9.97 Å². The number of rotatable bonds is 5. The Morgan fingerprint density at radius 1 is 1.59 bits per heavy atom. The molecule has 17 heavy (non-hydrogen) atoms. The van der Waals surface area contributed by atoms with Gasteiger partial charge in [0.25, 0.3) is 0 Å². The second-order valence-electron chi connectivity index (χ2n) is 3.77. The fourth-order valence-corrected chi connectivity index (χ4v) is 1.67. The summed E-state index contributed by atoms with van der Waals surface area (Å²) >= 11 is 5.82. The zero-order valence-corrected chi connectivity index (χ0v) is 9.78. The van der Waals surface area contributed by atoms with Gasteiger partial charge in [-0.1, -0.05) is 17.7 Å². The van der Waals surface area contributed by atoms with Crippen molar-refractivity contribution in [2.45, 2.75) is 18.8 Å². The molecule has 0 amide bonds. The fourth-order valence-electron chi connectivity index (χ4n) is 1.42. The average molecular weight is 255 g/mol. The summed E-state index contributed by atoms with van der Waals surface area (Å²) < 4.78 is 0. The first-order chi connectivity index (χ1) is 8.13. The molecule has 0 saturated heterocycles. The number of aromatic nitrogens is 2. The molecule has 1 N–H and O–H groups in total. The van der Waals surface area contributed by atoms with E-state index in [1.165, 1.54) is 0 Å². The highest BCUT2D eigenvalue weighted by Gasteiger charge is 2.31. The summed E-state index contributed by atoms with van der Waals surface area (Å²) in [6, 6.07) is 0. The molecule has 90 valence electrons. The molecular formula is C10H11ClN4O2. The molecule has 0 aromatic carbocycles. The van der Waals surface area contributed by atoms with E-state index in [1.54, 1.807) is 6.08 Å². The summed E-state index contributed by atoms with van der Waals surface area (Å²) in [7, 11) is 0. The van der Waals surface area contributed by atoms with Gasteiger partial charge in [0.2, 0.25) is 11.0 Å². The number of halogens is 1. The Morgan fingerprint density at radius 3 is 2.82 bits per heavy atom. The lowest BCUT2D eigenvalue weighted by molar-refractivity contribution is -0.384. The van der Waals surface area contributed by atoms with Crippen molar-refractivity contribution in [3.63, 3.8) is 0 Å². The van der Waals surface area contributed by atoms with E-state index in [4.69, 9.17) is 11.6 Å². The quantitative estimate of drug-likeness (QED) is 0.378. The van der Waals surface area contributed by atoms with Gasteiger partial charge >= 0.3 is 5.69 Å². The topological polar surface area (TPSA) is 81.0 Å². The van der Waals surface area contributed by atoms with Crippen molar-refractivity contribution >= 4 is 23.1 Å². The molecule has 0 radical (unpaired) electrons. The molecule has 1 fully saturated rings. The molecule has 1 aliphatic rings. The van der Waals surface area contributed by atoms with Crippen LogP contribution in [0, 0.1) is 10.1 Å². The van der Waals surface area contributed by atoms with Crippen LogP contribution in [0.15, 0.2) is 12.7 Å². The minimum atomic E-state index is -0.579. The maximum Gasteiger partial charge on any atom is 0.348 e. The summed E-state index contributed by atoms with van der Waals surface area (Å²) in [5.41, 5.74) is -0.280. The number of nitrogens with one attached hydrogen (secondary N) is 1. The summed E-state index contributed by atoms with van der Waals surface area (Å²) in [5, 5.41) is 13.6. The summed E-state index contributed by atoms with van der Waals surface area (Å²) in [5.74, 6) is 1.03. The van der Waals surface area contributed by atoms with E-state index in [1.807, 2.05) is 0 Å². The Balaban J connectivity index is 2.41. The second-order valence-corrected chi connectivity index (χ2v) is 4.13. The Bertz CT molecular complexity index is 474. The van der Waals surface area contributed by atoms with Crippen molar-refractivity contribution in [2.24, 2.45) is 0 Å². The molecule has 1 aliphatic carbocycles. The number of anilines is 1. The fraction of sp³-hybridized carbons (Fsp3) is 0.400. The third-order valence-corrected chi connectivity index (χ3v) is 2.66. The van der Waals surface area contributed by atoms with Gasteiger partial charge in [-0.15, -0.1) is 6.58 Å². The maximum absolute atomic E-state index is 10.9. The van der Waals surface area contributed by atoms with Crippen LogP contribution in [0.5, 0.6) is 0 Å². The lowest BCUT2D eigenvalue weighted by atomic mass is 10.3. The summed E-state index contributed by atoms with van der Waals surface area (Å²) in [4.78, 5) is 18.4. The van der Waals surface area contributed by atoms with Gasteiger partial charge in [-0.25, -0.2) is 9.97 Å². The zero-order valence-electron chi connectivity index (χ0n) is 9.02. The van der Waals surface area contributed by atoms with Crippen LogP contribution in [0.25, 0.3) is 0 Å². The molecule has 0 aliphatic heterocycles. The normalized spacial score (nSPS) is 14.4. The minimum absolute atomic E-state index is 0.113. The maximum atomic E-state index is 10.9. The molecule has 6 nitrogen and oxygen atoms in total.